The fourth-order valence-corrected chi connectivity index (χ4v) is 2.67. The zero-order valence-corrected chi connectivity index (χ0v) is 9.84. The topological polar surface area (TPSA) is 51.8 Å². The summed E-state index contributed by atoms with van der Waals surface area (Å²) in [5, 5.41) is 0.285. The predicted molar refractivity (Wildman–Crippen MR) is 67.2 cm³/mol. The summed E-state index contributed by atoms with van der Waals surface area (Å²) in [4.78, 5) is 8.09. The third kappa shape index (κ3) is 1.70. The summed E-state index contributed by atoms with van der Waals surface area (Å²) < 4.78 is 28.3. The Morgan fingerprint density at radius 3 is 2.56 bits per heavy atom. The smallest absolute Gasteiger partial charge is 0.138 e. The molecule has 3 nitrogen and oxygen atoms in total. The van der Waals surface area contributed by atoms with E-state index in [0.717, 1.165) is 16.8 Å². The quantitative estimate of drug-likeness (QED) is 0.686. The van der Waals surface area contributed by atoms with Gasteiger partial charge >= 0.3 is 0 Å². The molecular formula is C12H7F2N3S. The van der Waals surface area contributed by atoms with Crippen molar-refractivity contribution in [2.24, 2.45) is 0 Å². The van der Waals surface area contributed by atoms with E-state index in [1.54, 1.807) is 18.5 Å². The van der Waals surface area contributed by atoms with E-state index in [-0.39, 0.29) is 16.3 Å². The Balaban J connectivity index is 2.26. The van der Waals surface area contributed by atoms with Gasteiger partial charge in [-0.1, -0.05) is 0 Å². The summed E-state index contributed by atoms with van der Waals surface area (Å²) in [6, 6.07) is 3.93. The minimum absolute atomic E-state index is 0.0523. The monoisotopic (exact) mass is 263 g/mol. The molecule has 0 aliphatic rings. The summed E-state index contributed by atoms with van der Waals surface area (Å²) in [5.41, 5.74) is 5.90. The second-order valence-corrected chi connectivity index (χ2v) is 4.75. The Kier molecular flexibility index (Phi) is 2.45. The van der Waals surface area contributed by atoms with Crippen molar-refractivity contribution >= 4 is 27.2 Å². The van der Waals surface area contributed by atoms with Gasteiger partial charge in [0.05, 0.1) is 16.5 Å². The largest absolute Gasteiger partial charge is 0.399 e. The molecular weight excluding hydrogens is 256 g/mol. The van der Waals surface area contributed by atoms with E-state index in [1.165, 1.54) is 11.3 Å². The molecule has 0 atom stereocenters. The Morgan fingerprint density at radius 2 is 1.89 bits per heavy atom. The first-order valence-corrected chi connectivity index (χ1v) is 5.92. The van der Waals surface area contributed by atoms with Gasteiger partial charge in [-0.15, -0.1) is 11.3 Å². The third-order valence-electron chi connectivity index (χ3n) is 2.47. The van der Waals surface area contributed by atoms with Crippen LogP contribution >= 0.6 is 11.3 Å². The maximum absolute atomic E-state index is 13.8. The summed E-state index contributed by atoms with van der Waals surface area (Å²) >= 11 is 1.21. The van der Waals surface area contributed by atoms with Gasteiger partial charge in [0.1, 0.15) is 22.2 Å². The first-order valence-electron chi connectivity index (χ1n) is 5.10. The van der Waals surface area contributed by atoms with E-state index >= 15 is 0 Å². The van der Waals surface area contributed by atoms with Crippen LogP contribution in [0.3, 0.4) is 0 Å². The van der Waals surface area contributed by atoms with Crippen molar-refractivity contribution in [1.82, 2.24) is 9.97 Å². The number of halogens is 2. The molecule has 0 saturated heterocycles. The Bertz CT molecular complexity index is 683. The van der Waals surface area contributed by atoms with Crippen LogP contribution in [0, 0.1) is 11.6 Å². The third-order valence-corrected chi connectivity index (χ3v) is 3.52. The van der Waals surface area contributed by atoms with E-state index < -0.39 is 11.6 Å². The Labute approximate surface area is 105 Å². The van der Waals surface area contributed by atoms with Gasteiger partial charge in [0.25, 0.3) is 0 Å². The summed E-state index contributed by atoms with van der Waals surface area (Å²) in [5.74, 6) is -1.42. The molecule has 0 fully saturated rings. The molecule has 6 heteroatoms. The van der Waals surface area contributed by atoms with Crippen molar-refractivity contribution in [2.45, 2.75) is 0 Å². The second-order valence-electron chi connectivity index (χ2n) is 3.72. The molecule has 0 amide bonds. The normalized spacial score (nSPS) is 11.0. The number of pyridine rings is 1. The number of benzene rings is 1. The highest BCUT2D eigenvalue weighted by atomic mass is 32.1. The number of hydrogen-bond acceptors (Lipinski definition) is 4. The van der Waals surface area contributed by atoms with Crippen LogP contribution in [0.1, 0.15) is 0 Å². The molecule has 2 aromatic heterocycles. The van der Waals surface area contributed by atoms with E-state index in [1.807, 2.05) is 0 Å². The molecule has 1 aromatic carbocycles. The predicted octanol–water partition coefficient (Wildman–Crippen LogP) is 3.22. The number of aromatic nitrogens is 2. The van der Waals surface area contributed by atoms with E-state index in [0.29, 0.717) is 5.52 Å². The minimum atomic E-state index is -0.709. The summed E-state index contributed by atoms with van der Waals surface area (Å²) in [7, 11) is 0. The van der Waals surface area contributed by atoms with Crippen LogP contribution in [0.5, 0.6) is 0 Å². The van der Waals surface area contributed by atoms with Crippen LogP contribution in [-0.2, 0) is 0 Å². The van der Waals surface area contributed by atoms with Crippen molar-refractivity contribution in [3.8, 4) is 10.6 Å². The van der Waals surface area contributed by atoms with Gasteiger partial charge in [0, 0.05) is 11.9 Å². The van der Waals surface area contributed by atoms with Gasteiger partial charge in [-0.25, -0.2) is 13.8 Å². The van der Waals surface area contributed by atoms with E-state index in [4.69, 9.17) is 5.73 Å². The molecule has 90 valence electrons. The molecule has 0 spiro atoms. The van der Waals surface area contributed by atoms with Crippen LogP contribution in [0.2, 0.25) is 0 Å². The van der Waals surface area contributed by atoms with Gasteiger partial charge in [0.2, 0.25) is 0 Å². The minimum Gasteiger partial charge on any atom is -0.399 e. The lowest BCUT2D eigenvalue weighted by Gasteiger charge is -2.02. The number of nitrogens with two attached hydrogens (primary N) is 1. The molecule has 0 bridgehead atoms. The van der Waals surface area contributed by atoms with Crippen LogP contribution in [-0.4, -0.2) is 9.97 Å². The number of fused-ring (bicyclic) bond motifs is 1. The first kappa shape index (κ1) is 11.0. The van der Waals surface area contributed by atoms with Gasteiger partial charge in [0.15, 0.2) is 0 Å². The highest BCUT2D eigenvalue weighted by Gasteiger charge is 2.16. The average Bonchev–Trinajstić information content (AvgIpc) is 2.70. The molecule has 0 aliphatic carbocycles. The maximum atomic E-state index is 13.8. The molecule has 18 heavy (non-hydrogen) atoms. The summed E-state index contributed by atoms with van der Waals surface area (Å²) in [6.45, 7) is 0. The lowest BCUT2D eigenvalue weighted by molar-refractivity contribution is 0.590. The van der Waals surface area contributed by atoms with Crippen molar-refractivity contribution in [3.05, 3.63) is 42.2 Å². The number of hydrogen-bond donors (Lipinski definition) is 1. The van der Waals surface area contributed by atoms with Crippen LogP contribution < -0.4 is 5.73 Å². The Hall–Kier alpha value is -2.08. The van der Waals surface area contributed by atoms with Crippen LogP contribution in [0.15, 0.2) is 30.6 Å². The van der Waals surface area contributed by atoms with Gasteiger partial charge in [-0.05, 0) is 18.2 Å². The molecule has 2 N–H and O–H groups in total. The number of nitrogen functional groups attached to an aromatic ring is 1. The van der Waals surface area contributed by atoms with Crippen LogP contribution in [0.25, 0.3) is 20.8 Å². The van der Waals surface area contributed by atoms with Crippen molar-refractivity contribution in [3.63, 3.8) is 0 Å². The zero-order valence-electron chi connectivity index (χ0n) is 9.02. The average molecular weight is 263 g/mol. The maximum Gasteiger partial charge on any atom is 0.138 e. The highest BCUT2D eigenvalue weighted by molar-refractivity contribution is 7.21. The van der Waals surface area contributed by atoms with Crippen molar-refractivity contribution in [1.29, 1.82) is 0 Å². The molecule has 2 heterocycles. The molecule has 0 radical (unpaired) electrons. The fraction of sp³-hybridized carbons (Fsp3) is 0. The standard InChI is InChI=1S/C12H7F2N3S/c13-7-3-6(15)4-8(14)11(7)12-17-9-5-16-2-1-10(9)18-12/h1-5H,15H2. The van der Waals surface area contributed by atoms with Gasteiger partial charge in [-0.3, -0.25) is 4.98 Å². The lowest BCUT2D eigenvalue weighted by atomic mass is 10.2. The number of rotatable bonds is 1. The molecule has 0 aliphatic heterocycles. The number of thiazole rings is 1. The number of anilines is 1. The van der Waals surface area contributed by atoms with Gasteiger partial charge < -0.3 is 5.73 Å². The Morgan fingerprint density at radius 1 is 1.17 bits per heavy atom. The zero-order chi connectivity index (χ0) is 12.7. The summed E-state index contributed by atoms with van der Waals surface area (Å²) in [6.07, 6.45) is 3.17. The SMILES string of the molecule is Nc1cc(F)c(-c2nc3cnccc3s2)c(F)c1. The van der Waals surface area contributed by atoms with Gasteiger partial charge in [-0.2, -0.15) is 0 Å². The van der Waals surface area contributed by atoms with Crippen molar-refractivity contribution in [2.75, 3.05) is 5.73 Å². The first-order chi connectivity index (χ1) is 8.65. The molecule has 0 saturated carbocycles. The highest BCUT2D eigenvalue weighted by Crippen LogP contribution is 2.33. The number of nitrogens with zero attached hydrogens (tertiary/aromatic N) is 2. The molecule has 3 rings (SSSR count). The second kappa shape index (κ2) is 3.99. The lowest BCUT2D eigenvalue weighted by Crippen LogP contribution is -1.94. The van der Waals surface area contributed by atoms with Crippen molar-refractivity contribution < 1.29 is 8.78 Å². The van der Waals surface area contributed by atoms with Crippen LogP contribution in [0.4, 0.5) is 14.5 Å². The fourth-order valence-electron chi connectivity index (χ4n) is 1.68. The van der Waals surface area contributed by atoms with E-state index in [2.05, 4.69) is 9.97 Å². The molecule has 0 unspecified atom stereocenters. The molecule has 3 aromatic rings. The van der Waals surface area contributed by atoms with E-state index in [9.17, 15) is 8.78 Å².